The summed E-state index contributed by atoms with van der Waals surface area (Å²) in [6, 6.07) is 15.7. The van der Waals surface area contributed by atoms with Crippen molar-refractivity contribution in [1.29, 1.82) is 5.41 Å². The molecular formula is C18H23N5OS. The molecule has 1 heterocycles. The van der Waals surface area contributed by atoms with Crippen LogP contribution >= 0.6 is 12.2 Å². The summed E-state index contributed by atoms with van der Waals surface area (Å²) in [5, 5.41) is 11.2. The number of pyridine rings is 1. The zero-order valence-electron chi connectivity index (χ0n) is 14.0. The van der Waals surface area contributed by atoms with Gasteiger partial charge in [0.2, 0.25) is 0 Å². The van der Waals surface area contributed by atoms with Crippen LogP contribution in [0.4, 0.5) is 0 Å². The highest BCUT2D eigenvalue weighted by Gasteiger charge is 2.12. The van der Waals surface area contributed by atoms with Gasteiger partial charge in [0.1, 0.15) is 0 Å². The summed E-state index contributed by atoms with van der Waals surface area (Å²) in [5.41, 5.74) is 7.70. The van der Waals surface area contributed by atoms with Gasteiger partial charge in [-0.15, -0.1) is 0 Å². The Morgan fingerprint density at radius 2 is 1.96 bits per heavy atom. The highest BCUT2D eigenvalue weighted by molar-refractivity contribution is 7.80. The van der Waals surface area contributed by atoms with Gasteiger partial charge in [0.05, 0.1) is 13.2 Å². The molecule has 0 spiro atoms. The quantitative estimate of drug-likeness (QED) is 0.290. The topological polar surface area (TPSA) is 87.3 Å². The van der Waals surface area contributed by atoms with E-state index in [1.165, 1.54) is 0 Å². The van der Waals surface area contributed by atoms with Gasteiger partial charge in [-0.05, 0) is 29.9 Å². The van der Waals surface area contributed by atoms with Gasteiger partial charge < -0.3 is 15.8 Å². The first-order chi connectivity index (χ1) is 12.2. The Morgan fingerprint density at radius 3 is 2.64 bits per heavy atom. The number of benzene rings is 1. The molecule has 0 atom stereocenters. The van der Waals surface area contributed by atoms with Gasteiger partial charge >= 0.3 is 0 Å². The van der Waals surface area contributed by atoms with Crippen molar-refractivity contribution in [2.45, 2.75) is 13.0 Å². The fraction of sp³-hybridized carbons (Fsp3) is 0.278. The molecule has 0 bridgehead atoms. The first kappa shape index (κ1) is 18.8. The number of thiocarbonyl (C=S) groups is 1. The zero-order chi connectivity index (χ0) is 17.9. The Kier molecular flexibility index (Phi) is 7.81. The number of rotatable bonds is 8. The van der Waals surface area contributed by atoms with Gasteiger partial charge in [-0.1, -0.05) is 36.4 Å². The van der Waals surface area contributed by atoms with E-state index in [-0.39, 0.29) is 5.96 Å². The van der Waals surface area contributed by atoms with Gasteiger partial charge in [0, 0.05) is 31.4 Å². The maximum atomic E-state index is 7.70. The average Bonchev–Trinajstić information content (AvgIpc) is 2.63. The molecule has 25 heavy (non-hydrogen) atoms. The largest absolute Gasteiger partial charge is 0.375 e. The van der Waals surface area contributed by atoms with E-state index in [0.717, 1.165) is 11.3 Å². The molecule has 6 nitrogen and oxygen atoms in total. The van der Waals surface area contributed by atoms with Crippen molar-refractivity contribution in [2.24, 2.45) is 5.73 Å². The second-order valence-corrected chi connectivity index (χ2v) is 5.76. The van der Waals surface area contributed by atoms with Crippen LogP contribution in [-0.4, -0.2) is 40.7 Å². The second-order valence-electron chi connectivity index (χ2n) is 5.38. The normalized spacial score (nSPS) is 10.2. The van der Waals surface area contributed by atoms with Crippen LogP contribution in [0.15, 0.2) is 54.7 Å². The second kappa shape index (κ2) is 10.4. The Labute approximate surface area is 153 Å². The highest BCUT2D eigenvalue weighted by Crippen LogP contribution is 2.00. The average molecular weight is 357 g/mol. The molecule has 2 aromatic rings. The van der Waals surface area contributed by atoms with Gasteiger partial charge in [-0.3, -0.25) is 15.3 Å². The predicted octanol–water partition coefficient (Wildman–Crippen LogP) is 1.91. The minimum atomic E-state index is -0.0846. The van der Waals surface area contributed by atoms with Crippen molar-refractivity contribution in [3.63, 3.8) is 0 Å². The summed E-state index contributed by atoms with van der Waals surface area (Å²) in [5.74, 6) is -0.0846. The van der Waals surface area contributed by atoms with E-state index in [1.807, 2.05) is 48.5 Å². The number of aromatic nitrogens is 1. The molecule has 0 aliphatic rings. The van der Waals surface area contributed by atoms with Gasteiger partial charge in [0.25, 0.3) is 0 Å². The standard InChI is InChI=1S/C18H23N5OS/c19-17(20)23(12-9-16-8-4-5-10-21-16)18(25)22-11-13-24-14-15-6-2-1-3-7-15/h1-8,10H,9,11-14H2,(H3,19,20)(H,22,25). The number of nitrogens with zero attached hydrogens (tertiary/aromatic N) is 2. The van der Waals surface area contributed by atoms with Crippen LogP contribution < -0.4 is 11.1 Å². The van der Waals surface area contributed by atoms with E-state index in [4.69, 9.17) is 28.1 Å². The van der Waals surface area contributed by atoms with E-state index < -0.39 is 0 Å². The third-order valence-electron chi connectivity index (χ3n) is 3.49. The van der Waals surface area contributed by atoms with E-state index in [2.05, 4.69) is 10.3 Å². The SMILES string of the molecule is N=C(N)N(CCc1ccccn1)C(=S)NCCOCc1ccccc1. The van der Waals surface area contributed by atoms with Crippen molar-refractivity contribution in [3.05, 3.63) is 66.0 Å². The van der Waals surface area contributed by atoms with Gasteiger partial charge in [-0.25, -0.2) is 0 Å². The van der Waals surface area contributed by atoms with E-state index in [0.29, 0.717) is 37.8 Å². The minimum absolute atomic E-state index is 0.0846. The molecular weight excluding hydrogens is 334 g/mol. The molecule has 2 rings (SSSR count). The lowest BCUT2D eigenvalue weighted by Crippen LogP contribution is -2.48. The molecule has 1 aromatic heterocycles. The highest BCUT2D eigenvalue weighted by atomic mass is 32.1. The number of hydrogen-bond acceptors (Lipinski definition) is 4. The number of nitrogens with one attached hydrogen (secondary N) is 2. The Bertz CT molecular complexity index is 666. The summed E-state index contributed by atoms with van der Waals surface area (Å²) >= 11 is 5.33. The molecule has 0 aliphatic carbocycles. The summed E-state index contributed by atoms with van der Waals surface area (Å²) < 4.78 is 5.60. The molecule has 0 radical (unpaired) electrons. The van der Waals surface area contributed by atoms with Crippen molar-refractivity contribution in [1.82, 2.24) is 15.2 Å². The first-order valence-electron chi connectivity index (χ1n) is 8.08. The smallest absolute Gasteiger partial charge is 0.194 e. The lowest BCUT2D eigenvalue weighted by Gasteiger charge is -2.23. The Morgan fingerprint density at radius 1 is 1.20 bits per heavy atom. The lowest BCUT2D eigenvalue weighted by atomic mass is 10.2. The summed E-state index contributed by atoms with van der Waals surface area (Å²) in [6.45, 7) is 2.13. The zero-order valence-corrected chi connectivity index (χ0v) is 14.8. The third kappa shape index (κ3) is 6.86. The maximum Gasteiger partial charge on any atom is 0.194 e. The molecule has 1 aromatic carbocycles. The van der Waals surface area contributed by atoms with Crippen molar-refractivity contribution in [3.8, 4) is 0 Å². The fourth-order valence-corrected chi connectivity index (χ4v) is 2.49. The lowest BCUT2D eigenvalue weighted by molar-refractivity contribution is 0.125. The van der Waals surface area contributed by atoms with Crippen molar-refractivity contribution in [2.75, 3.05) is 19.7 Å². The van der Waals surface area contributed by atoms with Gasteiger partial charge in [0.15, 0.2) is 11.1 Å². The first-order valence-corrected chi connectivity index (χ1v) is 8.48. The number of guanidine groups is 1. The van der Waals surface area contributed by atoms with Crippen LogP contribution in [0.5, 0.6) is 0 Å². The van der Waals surface area contributed by atoms with E-state index >= 15 is 0 Å². The Hall–Kier alpha value is -2.51. The van der Waals surface area contributed by atoms with E-state index in [1.54, 1.807) is 11.1 Å². The predicted molar refractivity (Wildman–Crippen MR) is 103 cm³/mol. The van der Waals surface area contributed by atoms with Crippen LogP contribution in [0.3, 0.4) is 0 Å². The molecule has 7 heteroatoms. The van der Waals surface area contributed by atoms with Crippen molar-refractivity contribution >= 4 is 23.3 Å². The Balaban J connectivity index is 1.70. The monoisotopic (exact) mass is 357 g/mol. The van der Waals surface area contributed by atoms with Crippen LogP contribution in [-0.2, 0) is 17.8 Å². The molecule has 0 amide bonds. The minimum Gasteiger partial charge on any atom is -0.375 e. The molecule has 0 aliphatic heterocycles. The van der Waals surface area contributed by atoms with Crippen molar-refractivity contribution < 1.29 is 4.74 Å². The van der Waals surface area contributed by atoms with Crippen LogP contribution in [0.2, 0.25) is 0 Å². The third-order valence-corrected chi connectivity index (χ3v) is 3.85. The number of hydrogen-bond donors (Lipinski definition) is 3. The number of nitrogens with two attached hydrogens (primary N) is 1. The molecule has 4 N–H and O–H groups in total. The molecule has 0 saturated carbocycles. The molecule has 0 fully saturated rings. The summed E-state index contributed by atoms with van der Waals surface area (Å²) in [4.78, 5) is 5.82. The molecule has 0 saturated heterocycles. The van der Waals surface area contributed by atoms with Gasteiger partial charge in [-0.2, -0.15) is 0 Å². The van der Waals surface area contributed by atoms with Crippen LogP contribution in [0.1, 0.15) is 11.3 Å². The number of ether oxygens (including phenoxy) is 1. The maximum absolute atomic E-state index is 7.70. The summed E-state index contributed by atoms with van der Waals surface area (Å²) in [6.07, 6.45) is 2.40. The molecule has 0 unspecified atom stereocenters. The van der Waals surface area contributed by atoms with E-state index in [9.17, 15) is 0 Å². The molecule has 132 valence electrons. The van der Waals surface area contributed by atoms with Crippen LogP contribution in [0, 0.1) is 5.41 Å². The fourth-order valence-electron chi connectivity index (χ4n) is 2.19. The summed E-state index contributed by atoms with van der Waals surface area (Å²) in [7, 11) is 0. The van der Waals surface area contributed by atoms with Crippen LogP contribution in [0.25, 0.3) is 0 Å².